The van der Waals surface area contributed by atoms with Crippen LogP contribution in [0.4, 0.5) is 5.69 Å². The highest BCUT2D eigenvalue weighted by Crippen LogP contribution is 2.25. The predicted molar refractivity (Wildman–Crippen MR) is 72.7 cm³/mol. The van der Waals surface area contributed by atoms with E-state index in [-0.39, 0.29) is 11.6 Å². The first kappa shape index (κ1) is 14.0. The van der Waals surface area contributed by atoms with Crippen molar-refractivity contribution in [1.29, 1.82) is 0 Å². The van der Waals surface area contributed by atoms with Crippen LogP contribution in [0.3, 0.4) is 0 Å². The normalized spacial score (nSPS) is 12.5. The quantitative estimate of drug-likeness (QED) is 0.877. The average molecular weight is 301 g/mol. The molecule has 4 nitrogen and oxygen atoms in total. The molecule has 0 amide bonds. The van der Waals surface area contributed by atoms with Crippen LogP contribution in [0.5, 0.6) is 0 Å². The Kier molecular flexibility index (Phi) is 4.96. The van der Waals surface area contributed by atoms with Crippen molar-refractivity contribution < 1.29 is 9.90 Å². The van der Waals surface area contributed by atoms with E-state index in [1.165, 1.54) is 0 Å². The van der Waals surface area contributed by atoms with Gasteiger partial charge in [-0.25, -0.2) is 4.79 Å². The van der Waals surface area contributed by atoms with Gasteiger partial charge in [0.15, 0.2) is 0 Å². The Morgan fingerprint density at radius 1 is 1.53 bits per heavy atom. The summed E-state index contributed by atoms with van der Waals surface area (Å²) < 4.78 is 0.590. The van der Waals surface area contributed by atoms with E-state index in [1.54, 1.807) is 12.1 Å². The van der Waals surface area contributed by atoms with Gasteiger partial charge in [-0.2, -0.15) is 0 Å². The molecule has 1 atom stereocenters. The summed E-state index contributed by atoms with van der Waals surface area (Å²) in [5.74, 6) is -0.933. The van der Waals surface area contributed by atoms with Crippen molar-refractivity contribution in [3.05, 3.63) is 28.2 Å². The van der Waals surface area contributed by atoms with E-state index in [2.05, 4.69) is 26.1 Å². The second-order valence-electron chi connectivity index (χ2n) is 4.28. The molecule has 17 heavy (non-hydrogen) atoms. The molecule has 94 valence electrons. The Morgan fingerprint density at radius 3 is 2.71 bits per heavy atom. The van der Waals surface area contributed by atoms with E-state index in [0.717, 1.165) is 6.54 Å². The van der Waals surface area contributed by atoms with E-state index in [1.807, 2.05) is 27.1 Å². The third kappa shape index (κ3) is 4.02. The van der Waals surface area contributed by atoms with Gasteiger partial charge in [-0.05, 0) is 49.1 Å². The van der Waals surface area contributed by atoms with Crippen LogP contribution in [0.25, 0.3) is 0 Å². The summed E-state index contributed by atoms with van der Waals surface area (Å²) >= 11 is 3.26. The maximum absolute atomic E-state index is 11.2. The zero-order valence-corrected chi connectivity index (χ0v) is 11.8. The first-order valence-electron chi connectivity index (χ1n) is 5.35. The van der Waals surface area contributed by atoms with E-state index < -0.39 is 5.97 Å². The van der Waals surface area contributed by atoms with E-state index in [4.69, 9.17) is 5.11 Å². The minimum atomic E-state index is -0.933. The van der Waals surface area contributed by atoms with Crippen LogP contribution in [0.2, 0.25) is 0 Å². The van der Waals surface area contributed by atoms with Crippen molar-refractivity contribution in [2.45, 2.75) is 13.0 Å². The molecule has 0 fully saturated rings. The minimum Gasteiger partial charge on any atom is -0.478 e. The molecule has 1 aromatic rings. The Labute approximate surface area is 110 Å². The third-order valence-electron chi connectivity index (χ3n) is 2.27. The number of hydrogen-bond acceptors (Lipinski definition) is 3. The minimum absolute atomic E-state index is 0.178. The number of aromatic carboxylic acids is 1. The lowest BCUT2D eigenvalue weighted by atomic mass is 10.1. The van der Waals surface area contributed by atoms with Crippen LogP contribution in [0.15, 0.2) is 22.7 Å². The number of nitrogens with one attached hydrogen (secondary N) is 1. The lowest BCUT2D eigenvalue weighted by Gasteiger charge is -2.20. The maximum Gasteiger partial charge on any atom is 0.338 e. The van der Waals surface area contributed by atoms with Crippen molar-refractivity contribution in [1.82, 2.24) is 4.90 Å². The van der Waals surface area contributed by atoms with Crippen LogP contribution in [-0.4, -0.2) is 42.7 Å². The first-order valence-corrected chi connectivity index (χ1v) is 6.14. The summed E-state index contributed by atoms with van der Waals surface area (Å²) in [7, 11) is 3.97. The summed E-state index contributed by atoms with van der Waals surface area (Å²) in [4.78, 5) is 13.2. The van der Waals surface area contributed by atoms with Gasteiger partial charge in [-0.1, -0.05) is 6.07 Å². The van der Waals surface area contributed by atoms with Gasteiger partial charge in [0.1, 0.15) is 0 Å². The summed E-state index contributed by atoms with van der Waals surface area (Å²) in [6, 6.07) is 5.50. The molecule has 0 bridgehead atoms. The number of hydrogen-bond donors (Lipinski definition) is 2. The van der Waals surface area contributed by atoms with Gasteiger partial charge in [0.05, 0.1) is 11.3 Å². The molecule has 0 spiro atoms. The lowest BCUT2D eigenvalue weighted by Crippen LogP contribution is -2.30. The molecule has 0 heterocycles. The van der Waals surface area contributed by atoms with Crippen molar-refractivity contribution >= 4 is 27.6 Å². The van der Waals surface area contributed by atoms with Crippen molar-refractivity contribution in [2.75, 3.05) is 26.0 Å². The number of anilines is 1. The molecule has 2 N–H and O–H groups in total. The van der Waals surface area contributed by atoms with Crippen molar-refractivity contribution in [2.24, 2.45) is 0 Å². The standard InChI is InChI=1S/C12H17BrN2O2/c1-8(7-15(2)3)14-10-6-4-5-9(13)11(10)12(16)17/h4-6,8,14H,7H2,1-3H3,(H,16,17). The van der Waals surface area contributed by atoms with Gasteiger partial charge in [-0.15, -0.1) is 0 Å². The number of likely N-dealkylation sites (N-methyl/N-ethyl adjacent to an activating group) is 1. The maximum atomic E-state index is 11.2. The molecule has 0 aliphatic carbocycles. The van der Waals surface area contributed by atoms with Gasteiger partial charge in [0, 0.05) is 17.1 Å². The van der Waals surface area contributed by atoms with Gasteiger partial charge in [-0.3, -0.25) is 0 Å². The monoisotopic (exact) mass is 300 g/mol. The Hall–Kier alpha value is -1.07. The number of rotatable bonds is 5. The summed E-state index contributed by atoms with van der Waals surface area (Å²) in [6.45, 7) is 2.86. The largest absolute Gasteiger partial charge is 0.478 e. The van der Waals surface area contributed by atoms with Crippen LogP contribution in [-0.2, 0) is 0 Å². The fourth-order valence-corrected chi connectivity index (χ4v) is 2.26. The third-order valence-corrected chi connectivity index (χ3v) is 2.93. The SMILES string of the molecule is CC(CN(C)C)Nc1cccc(Br)c1C(=O)O. The summed E-state index contributed by atoms with van der Waals surface area (Å²) in [6.07, 6.45) is 0. The molecule has 0 radical (unpaired) electrons. The molecule has 0 saturated heterocycles. The molecule has 5 heteroatoms. The molecule has 0 aliphatic rings. The topological polar surface area (TPSA) is 52.6 Å². The molecule has 0 aromatic heterocycles. The Bertz CT molecular complexity index is 407. The van der Waals surface area contributed by atoms with Gasteiger partial charge in [0.2, 0.25) is 0 Å². The molecular formula is C12H17BrN2O2. The molecule has 0 saturated carbocycles. The molecule has 1 aromatic carbocycles. The lowest BCUT2D eigenvalue weighted by molar-refractivity contribution is 0.0697. The van der Waals surface area contributed by atoms with Gasteiger partial charge >= 0.3 is 5.97 Å². The zero-order chi connectivity index (χ0) is 13.0. The number of carboxylic acid groups (broad SMARTS) is 1. The molecule has 1 rings (SSSR count). The average Bonchev–Trinajstić information content (AvgIpc) is 2.15. The van der Waals surface area contributed by atoms with Gasteiger partial charge < -0.3 is 15.3 Å². The van der Waals surface area contributed by atoms with E-state index in [9.17, 15) is 4.79 Å². The molecule has 1 unspecified atom stereocenters. The second-order valence-corrected chi connectivity index (χ2v) is 5.13. The predicted octanol–water partition coefficient (Wildman–Crippen LogP) is 2.51. The van der Waals surface area contributed by atoms with Crippen LogP contribution in [0, 0.1) is 0 Å². The highest BCUT2D eigenvalue weighted by atomic mass is 79.9. The van der Waals surface area contributed by atoms with Gasteiger partial charge in [0.25, 0.3) is 0 Å². The Morgan fingerprint density at radius 2 is 2.18 bits per heavy atom. The fraction of sp³-hybridized carbons (Fsp3) is 0.417. The van der Waals surface area contributed by atoms with Crippen LogP contribution in [0.1, 0.15) is 17.3 Å². The summed E-state index contributed by atoms with van der Waals surface area (Å²) in [5.41, 5.74) is 0.916. The zero-order valence-electron chi connectivity index (χ0n) is 10.2. The first-order chi connectivity index (χ1) is 7.91. The number of carboxylic acids is 1. The number of carbonyl (C=O) groups is 1. The number of nitrogens with zero attached hydrogens (tertiary/aromatic N) is 1. The van der Waals surface area contributed by atoms with E-state index in [0.29, 0.717) is 10.2 Å². The molecular weight excluding hydrogens is 284 g/mol. The highest BCUT2D eigenvalue weighted by molar-refractivity contribution is 9.10. The van der Waals surface area contributed by atoms with E-state index >= 15 is 0 Å². The highest BCUT2D eigenvalue weighted by Gasteiger charge is 2.15. The number of benzene rings is 1. The Balaban J connectivity index is 2.91. The smallest absolute Gasteiger partial charge is 0.338 e. The fourth-order valence-electron chi connectivity index (χ4n) is 1.72. The van der Waals surface area contributed by atoms with Crippen LogP contribution >= 0.6 is 15.9 Å². The van der Waals surface area contributed by atoms with Crippen molar-refractivity contribution in [3.63, 3.8) is 0 Å². The number of halogens is 1. The van der Waals surface area contributed by atoms with Crippen LogP contribution < -0.4 is 5.32 Å². The molecule has 0 aliphatic heterocycles. The summed E-state index contributed by atoms with van der Waals surface area (Å²) in [5, 5.41) is 12.4. The van der Waals surface area contributed by atoms with Crippen molar-refractivity contribution in [3.8, 4) is 0 Å². The second kappa shape index (κ2) is 6.02.